The zero-order valence-electron chi connectivity index (χ0n) is 10.2. The maximum Gasteiger partial charge on any atom is 0.323 e. The fraction of sp³-hybridized carbons (Fsp3) is 0.455. The molecule has 1 heterocycles. The number of carboxylic acids is 1. The van der Waals surface area contributed by atoms with Gasteiger partial charge >= 0.3 is 11.7 Å². The molecule has 1 atom stereocenters. The molecule has 1 N–H and O–H groups in total. The van der Waals surface area contributed by atoms with E-state index in [1.165, 1.54) is 17.2 Å². The smallest absolute Gasteiger partial charge is 0.323 e. The average Bonchev–Trinajstić information content (AvgIpc) is 2.34. The minimum atomic E-state index is -1.03. The second-order valence-electron chi connectivity index (χ2n) is 3.90. The molecule has 0 aliphatic heterocycles. The van der Waals surface area contributed by atoms with Crippen LogP contribution in [0.1, 0.15) is 20.3 Å². The number of hydrogen-bond acceptors (Lipinski definition) is 5. The Bertz CT molecular complexity index is 450. The van der Waals surface area contributed by atoms with Crippen LogP contribution in [0.5, 0.6) is 0 Å². The predicted molar refractivity (Wildman–Crippen MR) is 65.6 cm³/mol. The van der Waals surface area contributed by atoms with Crippen molar-refractivity contribution in [3.8, 4) is 0 Å². The van der Waals surface area contributed by atoms with Crippen molar-refractivity contribution in [3.63, 3.8) is 0 Å². The van der Waals surface area contributed by atoms with E-state index in [0.717, 1.165) is 6.20 Å². The van der Waals surface area contributed by atoms with E-state index in [9.17, 15) is 14.9 Å². The standard InChI is InChI=1S/C11H15N3O4/c1-3-8(2)13(7-11(15)16)9-4-5-12-6-10(9)14(17)18/h4-6,8H,3,7H2,1-2H3,(H,15,16). The molecule has 0 bridgehead atoms. The van der Waals surface area contributed by atoms with Gasteiger partial charge in [-0.1, -0.05) is 6.92 Å². The van der Waals surface area contributed by atoms with Crippen molar-refractivity contribution in [2.24, 2.45) is 0 Å². The van der Waals surface area contributed by atoms with Crippen LogP contribution in [-0.2, 0) is 4.79 Å². The van der Waals surface area contributed by atoms with E-state index in [1.807, 2.05) is 13.8 Å². The van der Waals surface area contributed by atoms with E-state index < -0.39 is 10.9 Å². The highest BCUT2D eigenvalue weighted by molar-refractivity contribution is 5.76. The number of nitrogens with zero attached hydrogens (tertiary/aromatic N) is 3. The molecule has 0 fully saturated rings. The highest BCUT2D eigenvalue weighted by Crippen LogP contribution is 2.28. The van der Waals surface area contributed by atoms with Gasteiger partial charge in [-0.05, 0) is 19.4 Å². The van der Waals surface area contributed by atoms with Crippen LogP contribution < -0.4 is 4.90 Å². The first-order valence-electron chi connectivity index (χ1n) is 5.54. The van der Waals surface area contributed by atoms with Crippen molar-refractivity contribution >= 4 is 17.3 Å². The Kier molecular flexibility index (Phi) is 4.59. The highest BCUT2D eigenvalue weighted by Gasteiger charge is 2.24. The van der Waals surface area contributed by atoms with Gasteiger partial charge in [-0.2, -0.15) is 0 Å². The number of aromatic nitrogens is 1. The van der Waals surface area contributed by atoms with E-state index in [1.54, 1.807) is 0 Å². The van der Waals surface area contributed by atoms with Crippen LogP contribution in [0.2, 0.25) is 0 Å². The Labute approximate surface area is 104 Å². The third kappa shape index (κ3) is 3.16. The zero-order chi connectivity index (χ0) is 13.7. The lowest BCUT2D eigenvalue weighted by molar-refractivity contribution is -0.384. The average molecular weight is 253 g/mol. The number of anilines is 1. The molecule has 0 radical (unpaired) electrons. The molecule has 7 nitrogen and oxygen atoms in total. The summed E-state index contributed by atoms with van der Waals surface area (Å²) in [5.74, 6) is -1.03. The van der Waals surface area contributed by atoms with Gasteiger partial charge in [-0.25, -0.2) is 0 Å². The summed E-state index contributed by atoms with van der Waals surface area (Å²) in [7, 11) is 0. The lowest BCUT2D eigenvalue weighted by Gasteiger charge is -2.28. The SMILES string of the molecule is CCC(C)N(CC(=O)O)c1ccncc1[N+](=O)[O-]. The Balaban J connectivity index is 3.19. The second kappa shape index (κ2) is 5.95. The Morgan fingerprint density at radius 2 is 2.33 bits per heavy atom. The zero-order valence-corrected chi connectivity index (χ0v) is 10.2. The van der Waals surface area contributed by atoms with Gasteiger partial charge in [0.25, 0.3) is 0 Å². The van der Waals surface area contributed by atoms with Gasteiger partial charge in [-0.15, -0.1) is 0 Å². The Morgan fingerprint density at radius 3 is 2.83 bits per heavy atom. The number of carboxylic acid groups (broad SMARTS) is 1. The summed E-state index contributed by atoms with van der Waals surface area (Å²) in [6.07, 6.45) is 3.24. The first kappa shape index (κ1) is 13.9. The molecule has 0 saturated heterocycles. The number of aliphatic carboxylic acids is 1. The summed E-state index contributed by atoms with van der Waals surface area (Å²) < 4.78 is 0. The molecule has 0 amide bonds. The van der Waals surface area contributed by atoms with Gasteiger partial charge in [0.05, 0.1) is 4.92 Å². The summed E-state index contributed by atoms with van der Waals surface area (Å²) in [4.78, 5) is 26.4. The third-order valence-electron chi connectivity index (χ3n) is 2.71. The summed E-state index contributed by atoms with van der Waals surface area (Å²) in [6.45, 7) is 3.44. The molecular weight excluding hydrogens is 238 g/mol. The van der Waals surface area contributed by atoms with Gasteiger partial charge in [-0.3, -0.25) is 19.9 Å². The molecule has 1 rings (SSSR count). The minimum Gasteiger partial charge on any atom is -0.480 e. The number of nitro groups is 1. The maximum atomic E-state index is 10.9. The van der Waals surface area contributed by atoms with Crippen molar-refractivity contribution in [1.82, 2.24) is 4.98 Å². The number of rotatable bonds is 6. The normalized spacial score (nSPS) is 11.9. The van der Waals surface area contributed by atoms with Crippen LogP contribution >= 0.6 is 0 Å². The van der Waals surface area contributed by atoms with E-state index in [4.69, 9.17) is 5.11 Å². The molecule has 0 saturated carbocycles. The molecule has 0 spiro atoms. The van der Waals surface area contributed by atoms with Crippen molar-refractivity contribution in [2.75, 3.05) is 11.4 Å². The molecule has 1 aromatic rings. The number of pyridine rings is 1. The van der Waals surface area contributed by atoms with E-state index in [0.29, 0.717) is 6.42 Å². The van der Waals surface area contributed by atoms with Gasteiger partial charge in [0.1, 0.15) is 18.4 Å². The lowest BCUT2D eigenvalue weighted by atomic mass is 10.2. The van der Waals surface area contributed by atoms with Crippen LogP contribution in [0.4, 0.5) is 11.4 Å². The molecule has 1 aromatic heterocycles. The first-order chi connectivity index (χ1) is 8.47. The van der Waals surface area contributed by atoms with Gasteiger partial charge in [0, 0.05) is 12.2 Å². The van der Waals surface area contributed by atoms with Crippen LogP contribution in [0.15, 0.2) is 18.5 Å². The van der Waals surface area contributed by atoms with Crippen molar-refractivity contribution in [3.05, 3.63) is 28.6 Å². The Hall–Kier alpha value is -2.18. The van der Waals surface area contributed by atoms with Crippen LogP contribution in [0.3, 0.4) is 0 Å². The molecule has 98 valence electrons. The van der Waals surface area contributed by atoms with E-state index in [-0.39, 0.29) is 24.0 Å². The summed E-state index contributed by atoms with van der Waals surface area (Å²) >= 11 is 0. The number of carbonyl (C=O) groups is 1. The molecule has 18 heavy (non-hydrogen) atoms. The van der Waals surface area contributed by atoms with Gasteiger partial charge in [0.15, 0.2) is 0 Å². The second-order valence-corrected chi connectivity index (χ2v) is 3.90. The van der Waals surface area contributed by atoms with Gasteiger partial charge in [0.2, 0.25) is 0 Å². The molecular formula is C11H15N3O4. The van der Waals surface area contributed by atoms with Gasteiger partial charge < -0.3 is 10.0 Å². The highest BCUT2D eigenvalue weighted by atomic mass is 16.6. The van der Waals surface area contributed by atoms with Crippen LogP contribution in [0, 0.1) is 10.1 Å². The molecule has 0 aliphatic carbocycles. The molecule has 1 unspecified atom stereocenters. The Morgan fingerprint density at radius 1 is 1.67 bits per heavy atom. The maximum absolute atomic E-state index is 10.9. The fourth-order valence-electron chi connectivity index (χ4n) is 1.61. The monoisotopic (exact) mass is 253 g/mol. The largest absolute Gasteiger partial charge is 0.480 e. The van der Waals surface area contributed by atoms with Crippen molar-refractivity contribution in [1.29, 1.82) is 0 Å². The minimum absolute atomic E-state index is 0.109. The fourth-order valence-corrected chi connectivity index (χ4v) is 1.61. The summed E-state index contributed by atoms with van der Waals surface area (Å²) in [5.41, 5.74) is 0.103. The van der Waals surface area contributed by atoms with E-state index in [2.05, 4.69) is 4.98 Å². The lowest BCUT2D eigenvalue weighted by Crippen LogP contribution is -2.37. The van der Waals surface area contributed by atoms with Crippen LogP contribution in [0.25, 0.3) is 0 Å². The molecule has 0 aliphatic rings. The number of hydrogen-bond donors (Lipinski definition) is 1. The van der Waals surface area contributed by atoms with E-state index >= 15 is 0 Å². The third-order valence-corrected chi connectivity index (χ3v) is 2.71. The molecule has 7 heteroatoms. The summed E-state index contributed by atoms with van der Waals surface area (Å²) in [6, 6.07) is 1.36. The first-order valence-corrected chi connectivity index (χ1v) is 5.54. The summed E-state index contributed by atoms with van der Waals surface area (Å²) in [5, 5.41) is 19.8. The topological polar surface area (TPSA) is 96.6 Å². The van der Waals surface area contributed by atoms with Crippen LogP contribution in [-0.4, -0.2) is 33.6 Å². The predicted octanol–water partition coefficient (Wildman–Crippen LogP) is 1.68. The molecule has 0 aromatic carbocycles. The quantitative estimate of drug-likeness (QED) is 0.612. The van der Waals surface area contributed by atoms with Crippen molar-refractivity contribution in [2.45, 2.75) is 26.3 Å². The van der Waals surface area contributed by atoms with Crippen molar-refractivity contribution < 1.29 is 14.8 Å².